The summed E-state index contributed by atoms with van der Waals surface area (Å²) >= 11 is 0. The Kier molecular flexibility index (Phi) is 7.52. The van der Waals surface area contributed by atoms with E-state index in [0.717, 1.165) is 16.9 Å². The maximum Gasteiger partial charge on any atom is 0.270 e. The molecule has 0 aromatic heterocycles. The zero-order valence-corrected chi connectivity index (χ0v) is 17.5. The average Bonchev–Trinajstić information content (AvgIpc) is 2.67. The van der Waals surface area contributed by atoms with Crippen molar-refractivity contribution in [2.45, 2.75) is 32.1 Å². The third-order valence-electron chi connectivity index (χ3n) is 3.89. The summed E-state index contributed by atoms with van der Waals surface area (Å²) < 4.78 is 32.4. The molecule has 0 aliphatic heterocycles. The summed E-state index contributed by atoms with van der Waals surface area (Å²) in [6.07, 6.45) is 2.36. The Hall–Kier alpha value is -2.93. The quantitative estimate of drug-likeness (QED) is 0.411. The summed E-state index contributed by atoms with van der Waals surface area (Å²) in [4.78, 5) is 0.230. The summed E-state index contributed by atoms with van der Waals surface area (Å²) in [6, 6.07) is 16.8. The topological polar surface area (TPSA) is 46.6 Å². The highest BCUT2D eigenvalue weighted by atomic mass is 32.2. The highest BCUT2D eigenvalue weighted by Crippen LogP contribution is 2.17. The molecule has 5 heteroatoms. The maximum absolute atomic E-state index is 13.1. The predicted octanol–water partition coefficient (Wildman–Crippen LogP) is 4.51. The monoisotopic (exact) mass is 395 g/mol. The number of ether oxygens (including phenoxy) is 1. The fourth-order valence-corrected chi connectivity index (χ4v) is 3.58. The van der Waals surface area contributed by atoms with E-state index in [2.05, 4.69) is 17.7 Å². The van der Waals surface area contributed by atoms with Crippen molar-refractivity contribution in [3.05, 3.63) is 77.0 Å². The second-order valence-corrected chi connectivity index (χ2v) is 8.35. The summed E-state index contributed by atoms with van der Waals surface area (Å²) in [6.45, 7) is 6.06. The SMILES string of the molecule is COc1ccc(C#CN(CCC=C=C(C)C)S(=O)(=O)c2ccc(C)cc2)cc1. The second kappa shape index (κ2) is 9.85. The lowest BCUT2D eigenvalue weighted by Gasteiger charge is -2.17. The molecule has 2 rings (SSSR count). The van der Waals surface area contributed by atoms with Gasteiger partial charge in [0.1, 0.15) is 5.75 Å². The molecule has 0 heterocycles. The zero-order valence-electron chi connectivity index (χ0n) is 16.7. The van der Waals surface area contributed by atoms with Crippen LogP contribution in [0.3, 0.4) is 0 Å². The fourth-order valence-electron chi connectivity index (χ4n) is 2.33. The van der Waals surface area contributed by atoms with Crippen molar-refractivity contribution >= 4 is 10.0 Å². The standard InChI is InChI=1S/C23H25NO3S/c1-19(2)7-5-6-17-24(18-16-21-10-12-22(27-4)13-11-21)28(25,26)23-14-8-20(3)9-15-23/h5,8-15H,6,17H2,1-4H3. The van der Waals surface area contributed by atoms with Gasteiger partial charge in [0.15, 0.2) is 0 Å². The van der Waals surface area contributed by atoms with E-state index >= 15 is 0 Å². The minimum Gasteiger partial charge on any atom is -0.497 e. The molecule has 0 bridgehead atoms. The highest BCUT2D eigenvalue weighted by Gasteiger charge is 2.21. The summed E-state index contributed by atoms with van der Waals surface area (Å²) in [7, 11) is -2.13. The van der Waals surface area contributed by atoms with Crippen LogP contribution >= 0.6 is 0 Å². The Morgan fingerprint density at radius 3 is 2.29 bits per heavy atom. The maximum atomic E-state index is 13.1. The molecule has 0 amide bonds. The van der Waals surface area contributed by atoms with Crippen LogP contribution in [0.2, 0.25) is 0 Å². The third-order valence-corrected chi connectivity index (χ3v) is 5.61. The van der Waals surface area contributed by atoms with Crippen molar-refractivity contribution in [3.8, 4) is 17.7 Å². The molecule has 2 aromatic carbocycles. The lowest BCUT2D eigenvalue weighted by molar-refractivity contribution is 0.415. The van der Waals surface area contributed by atoms with Gasteiger partial charge in [-0.15, -0.1) is 5.73 Å². The van der Waals surface area contributed by atoms with Crippen LogP contribution in [0.25, 0.3) is 0 Å². The van der Waals surface area contributed by atoms with Gasteiger partial charge in [0.2, 0.25) is 0 Å². The van der Waals surface area contributed by atoms with Crippen molar-refractivity contribution in [2.24, 2.45) is 0 Å². The summed E-state index contributed by atoms with van der Waals surface area (Å²) in [5.74, 6) is 3.66. The molecule has 0 unspecified atom stereocenters. The van der Waals surface area contributed by atoms with Gasteiger partial charge in [0, 0.05) is 18.2 Å². The van der Waals surface area contributed by atoms with E-state index < -0.39 is 10.0 Å². The Bertz CT molecular complexity index is 1010. The largest absolute Gasteiger partial charge is 0.497 e. The van der Waals surface area contributed by atoms with Crippen molar-refractivity contribution in [2.75, 3.05) is 13.7 Å². The van der Waals surface area contributed by atoms with E-state index in [1.54, 1.807) is 55.6 Å². The van der Waals surface area contributed by atoms with Crippen LogP contribution < -0.4 is 4.74 Å². The van der Waals surface area contributed by atoms with Crippen LogP contribution in [0.4, 0.5) is 0 Å². The molecule has 28 heavy (non-hydrogen) atoms. The normalized spacial score (nSPS) is 10.3. The van der Waals surface area contributed by atoms with Crippen LogP contribution in [0.15, 0.2) is 70.8 Å². The van der Waals surface area contributed by atoms with E-state index in [1.807, 2.05) is 26.8 Å². The van der Waals surface area contributed by atoms with Crippen molar-refractivity contribution in [3.63, 3.8) is 0 Å². The molecule has 0 radical (unpaired) electrons. The number of nitrogens with zero attached hydrogens (tertiary/aromatic N) is 1. The van der Waals surface area contributed by atoms with Gasteiger partial charge in [-0.25, -0.2) is 12.7 Å². The molecule has 146 valence electrons. The first-order valence-corrected chi connectivity index (χ1v) is 10.4. The number of hydrogen-bond acceptors (Lipinski definition) is 3. The van der Waals surface area contributed by atoms with Crippen LogP contribution in [0.5, 0.6) is 5.75 Å². The van der Waals surface area contributed by atoms with Crippen molar-refractivity contribution < 1.29 is 13.2 Å². The minimum absolute atomic E-state index is 0.230. The number of sulfonamides is 1. The van der Waals surface area contributed by atoms with E-state index in [-0.39, 0.29) is 11.4 Å². The number of rotatable bonds is 6. The molecule has 4 nitrogen and oxygen atoms in total. The molecular formula is C23H25NO3S. The Morgan fingerprint density at radius 2 is 1.71 bits per heavy atom. The van der Waals surface area contributed by atoms with Gasteiger partial charge < -0.3 is 4.74 Å². The Balaban J connectivity index is 2.34. The number of aryl methyl sites for hydroxylation is 1. The molecule has 0 fully saturated rings. The van der Waals surface area contributed by atoms with E-state index in [9.17, 15) is 8.42 Å². The Morgan fingerprint density at radius 1 is 1.07 bits per heavy atom. The lowest BCUT2D eigenvalue weighted by atomic mass is 10.2. The van der Waals surface area contributed by atoms with Crippen molar-refractivity contribution in [1.82, 2.24) is 4.31 Å². The van der Waals surface area contributed by atoms with Gasteiger partial charge in [-0.1, -0.05) is 17.7 Å². The van der Waals surface area contributed by atoms with Gasteiger partial charge in [-0.2, -0.15) is 0 Å². The number of methoxy groups -OCH3 is 1. The van der Waals surface area contributed by atoms with Gasteiger partial charge in [0.05, 0.1) is 12.0 Å². The van der Waals surface area contributed by atoms with Crippen LogP contribution in [0.1, 0.15) is 31.4 Å². The lowest BCUT2D eigenvalue weighted by Crippen LogP contribution is -2.27. The predicted molar refractivity (Wildman–Crippen MR) is 113 cm³/mol. The average molecular weight is 396 g/mol. The van der Waals surface area contributed by atoms with Crippen LogP contribution in [-0.2, 0) is 10.0 Å². The molecule has 0 atom stereocenters. The molecule has 0 N–H and O–H groups in total. The van der Waals surface area contributed by atoms with Gasteiger partial charge in [-0.3, -0.25) is 0 Å². The molecule has 2 aromatic rings. The third kappa shape index (κ3) is 6.06. The fraction of sp³-hybridized carbons (Fsp3) is 0.261. The van der Waals surface area contributed by atoms with E-state index in [0.29, 0.717) is 12.0 Å². The van der Waals surface area contributed by atoms with Crippen molar-refractivity contribution in [1.29, 1.82) is 0 Å². The van der Waals surface area contributed by atoms with Gasteiger partial charge >= 0.3 is 0 Å². The molecule has 0 spiro atoms. The van der Waals surface area contributed by atoms with Gasteiger partial charge in [-0.05, 0) is 81.2 Å². The molecule has 0 saturated carbocycles. The Labute approximate surface area is 168 Å². The molecule has 0 saturated heterocycles. The highest BCUT2D eigenvalue weighted by molar-refractivity contribution is 7.89. The smallest absolute Gasteiger partial charge is 0.270 e. The first-order valence-electron chi connectivity index (χ1n) is 8.96. The van der Waals surface area contributed by atoms with Crippen LogP contribution in [-0.4, -0.2) is 26.4 Å². The van der Waals surface area contributed by atoms with Gasteiger partial charge in [0.25, 0.3) is 10.0 Å². The summed E-state index contributed by atoms with van der Waals surface area (Å²) in [5, 5.41) is 0. The number of hydrogen-bond donors (Lipinski definition) is 0. The molecular weight excluding hydrogens is 370 g/mol. The molecule has 0 aliphatic rings. The first-order chi connectivity index (χ1) is 13.3. The van der Waals surface area contributed by atoms with Crippen LogP contribution in [0, 0.1) is 18.9 Å². The summed E-state index contributed by atoms with van der Waals surface area (Å²) in [5.41, 5.74) is 5.85. The minimum atomic E-state index is -3.72. The van der Waals surface area contributed by atoms with E-state index in [1.165, 1.54) is 4.31 Å². The van der Waals surface area contributed by atoms with E-state index in [4.69, 9.17) is 4.74 Å². The molecule has 0 aliphatic carbocycles. The number of benzene rings is 2. The second-order valence-electron chi connectivity index (χ2n) is 6.49. The first kappa shape index (κ1) is 21.4. The zero-order chi connectivity index (χ0) is 20.6.